The standard InChI is InChI=1S/C10H12N2OS/c1-3-8-4-5-14-9(8)10(13)12-7(2)6-11/h4-5,7H,3H2,1-2H3,(H,12,13). The SMILES string of the molecule is CCc1ccsc1C(=O)NC(C)C#N. The summed E-state index contributed by atoms with van der Waals surface area (Å²) in [6.07, 6.45) is 0.840. The number of hydrogen-bond acceptors (Lipinski definition) is 3. The Morgan fingerprint density at radius 1 is 1.79 bits per heavy atom. The molecule has 1 unspecified atom stereocenters. The third kappa shape index (κ3) is 2.33. The molecule has 1 N–H and O–H groups in total. The van der Waals surface area contributed by atoms with Crippen LogP contribution in [0.3, 0.4) is 0 Å². The van der Waals surface area contributed by atoms with Crippen LogP contribution in [0.15, 0.2) is 11.4 Å². The Balaban J connectivity index is 2.75. The largest absolute Gasteiger partial charge is 0.336 e. The van der Waals surface area contributed by atoms with Gasteiger partial charge in [-0.15, -0.1) is 11.3 Å². The maximum Gasteiger partial charge on any atom is 0.262 e. The number of carbonyl (C=O) groups excluding carboxylic acids is 1. The number of nitrogens with one attached hydrogen (secondary N) is 1. The molecule has 0 saturated heterocycles. The normalized spacial score (nSPS) is 11.8. The van der Waals surface area contributed by atoms with Crippen LogP contribution in [0.4, 0.5) is 0 Å². The number of thiophene rings is 1. The van der Waals surface area contributed by atoms with Gasteiger partial charge in [-0.05, 0) is 30.4 Å². The van der Waals surface area contributed by atoms with Crippen molar-refractivity contribution >= 4 is 17.2 Å². The highest BCUT2D eigenvalue weighted by atomic mass is 32.1. The summed E-state index contributed by atoms with van der Waals surface area (Å²) in [5.41, 5.74) is 1.04. The van der Waals surface area contributed by atoms with Crippen LogP contribution < -0.4 is 5.32 Å². The van der Waals surface area contributed by atoms with Gasteiger partial charge in [-0.2, -0.15) is 5.26 Å². The minimum atomic E-state index is -0.436. The van der Waals surface area contributed by atoms with E-state index in [-0.39, 0.29) is 5.91 Å². The molecule has 0 aromatic carbocycles. The Labute approximate surface area is 87.4 Å². The van der Waals surface area contributed by atoms with Gasteiger partial charge in [0, 0.05) is 0 Å². The van der Waals surface area contributed by atoms with Gasteiger partial charge in [-0.1, -0.05) is 6.92 Å². The Kier molecular flexibility index (Phi) is 3.66. The summed E-state index contributed by atoms with van der Waals surface area (Å²) in [5, 5.41) is 13.1. The Morgan fingerprint density at radius 2 is 2.50 bits per heavy atom. The fourth-order valence-corrected chi connectivity index (χ4v) is 2.01. The highest BCUT2D eigenvalue weighted by Gasteiger charge is 2.13. The lowest BCUT2D eigenvalue weighted by atomic mass is 10.2. The van der Waals surface area contributed by atoms with Crippen LogP contribution in [0.5, 0.6) is 0 Å². The number of nitriles is 1. The molecule has 1 aromatic rings. The van der Waals surface area contributed by atoms with Gasteiger partial charge < -0.3 is 5.32 Å². The molecule has 4 heteroatoms. The zero-order chi connectivity index (χ0) is 10.6. The third-order valence-corrected chi connectivity index (χ3v) is 2.83. The van der Waals surface area contributed by atoms with E-state index in [4.69, 9.17) is 5.26 Å². The first-order valence-electron chi connectivity index (χ1n) is 4.45. The summed E-state index contributed by atoms with van der Waals surface area (Å²) in [6.45, 7) is 3.67. The fourth-order valence-electron chi connectivity index (χ4n) is 1.11. The molecule has 14 heavy (non-hydrogen) atoms. The Morgan fingerprint density at radius 3 is 3.07 bits per heavy atom. The van der Waals surface area contributed by atoms with Crippen molar-refractivity contribution in [1.82, 2.24) is 5.32 Å². The third-order valence-electron chi connectivity index (χ3n) is 1.88. The van der Waals surface area contributed by atoms with E-state index in [0.29, 0.717) is 0 Å². The van der Waals surface area contributed by atoms with Crippen molar-refractivity contribution in [2.45, 2.75) is 26.3 Å². The maximum absolute atomic E-state index is 11.6. The van der Waals surface area contributed by atoms with Crippen molar-refractivity contribution in [3.8, 4) is 6.07 Å². The summed E-state index contributed by atoms with van der Waals surface area (Å²) in [6, 6.07) is 3.47. The Bertz CT molecular complexity index is 364. The summed E-state index contributed by atoms with van der Waals surface area (Å²) in [5.74, 6) is -0.147. The van der Waals surface area contributed by atoms with E-state index >= 15 is 0 Å². The summed E-state index contributed by atoms with van der Waals surface area (Å²) < 4.78 is 0. The minimum absolute atomic E-state index is 0.147. The molecule has 74 valence electrons. The quantitative estimate of drug-likeness (QED) is 0.825. The van der Waals surface area contributed by atoms with E-state index in [1.807, 2.05) is 24.4 Å². The second kappa shape index (κ2) is 4.77. The van der Waals surface area contributed by atoms with E-state index in [2.05, 4.69) is 5.32 Å². The molecule has 1 rings (SSSR count). The average Bonchev–Trinajstić information content (AvgIpc) is 2.65. The lowest BCUT2D eigenvalue weighted by molar-refractivity contribution is 0.0951. The molecule has 0 aliphatic rings. The molecule has 0 aliphatic carbocycles. The molecule has 0 spiro atoms. The molecular weight excluding hydrogens is 196 g/mol. The topological polar surface area (TPSA) is 52.9 Å². The molecule has 1 heterocycles. The first kappa shape index (κ1) is 10.7. The number of aryl methyl sites for hydroxylation is 1. The van der Waals surface area contributed by atoms with Crippen LogP contribution in [0, 0.1) is 11.3 Å². The van der Waals surface area contributed by atoms with Gasteiger partial charge in [0.25, 0.3) is 5.91 Å². The zero-order valence-corrected chi connectivity index (χ0v) is 9.02. The summed E-state index contributed by atoms with van der Waals surface area (Å²) in [4.78, 5) is 12.3. The lowest BCUT2D eigenvalue weighted by Gasteiger charge is -2.05. The van der Waals surface area contributed by atoms with E-state index in [9.17, 15) is 4.79 Å². The second-order valence-electron chi connectivity index (χ2n) is 2.95. The molecule has 1 amide bonds. The highest BCUT2D eigenvalue weighted by molar-refractivity contribution is 7.12. The van der Waals surface area contributed by atoms with Gasteiger partial charge in [0.15, 0.2) is 0 Å². The van der Waals surface area contributed by atoms with Gasteiger partial charge in [-0.25, -0.2) is 0 Å². The van der Waals surface area contributed by atoms with E-state index < -0.39 is 6.04 Å². The monoisotopic (exact) mass is 208 g/mol. The average molecular weight is 208 g/mol. The molecular formula is C10H12N2OS. The van der Waals surface area contributed by atoms with E-state index in [0.717, 1.165) is 16.9 Å². The van der Waals surface area contributed by atoms with Crippen LogP contribution in [0.25, 0.3) is 0 Å². The summed E-state index contributed by atoms with van der Waals surface area (Å²) >= 11 is 1.41. The van der Waals surface area contributed by atoms with Crippen LogP contribution in [0.2, 0.25) is 0 Å². The van der Waals surface area contributed by atoms with Crippen LogP contribution in [-0.2, 0) is 6.42 Å². The smallest absolute Gasteiger partial charge is 0.262 e. The van der Waals surface area contributed by atoms with Crippen LogP contribution in [-0.4, -0.2) is 11.9 Å². The van der Waals surface area contributed by atoms with Crippen molar-refractivity contribution in [3.63, 3.8) is 0 Å². The lowest BCUT2D eigenvalue weighted by Crippen LogP contribution is -2.31. The number of hydrogen-bond donors (Lipinski definition) is 1. The van der Waals surface area contributed by atoms with Crippen molar-refractivity contribution in [1.29, 1.82) is 5.26 Å². The van der Waals surface area contributed by atoms with Crippen LogP contribution in [0.1, 0.15) is 29.1 Å². The molecule has 0 aliphatic heterocycles. The number of amides is 1. The van der Waals surface area contributed by atoms with Crippen molar-refractivity contribution in [3.05, 3.63) is 21.9 Å². The Hall–Kier alpha value is -1.34. The molecule has 1 aromatic heterocycles. The van der Waals surface area contributed by atoms with Gasteiger partial charge >= 0.3 is 0 Å². The maximum atomic E-state index is 11.6. The van der Waals surface area contributed by atoms with Gasteiger partial charge in [0.1, 0.15) is 6.04 Å². The predicted molar refractivity (Wildman–Crippen MR) is 56.2 cm³/mol. The van der Waals surface area contributed by atoms with Crippen molar-refractivity contribution in [2.24, 2.45) is 0 Å². The van der Waals surface area contributed by atoms with Gasteiger partial charge in [0.2, 0.25) is 0 Å². The summed E-state index contributed by atoms with van der Waals surface area (Å²) in [7, 11) is 0. The first-order valence-corrected chi connectivity index (χ1v) is 5.33. The number of nitrogens with zero attached hydrogens (tertiary/aromatic N) is 1. The second-order valence-corrected chi connectivity index (χ2v) is 3.87. The first-order chi connectivity index (χ1) is 6.69. The van der Waals surface area contributed by atoms with Crippen molar-refractivity contribution < 1.29 is 4.79 Å². The molecule has 0 bridgehead atoms. The fraction of sp³-hybridized carbons (Fsp3) is 0.400. The number of carbonyl (C=O) groups is 1. The molecule has 3 nitrogen and oxygen atoms in total. The minimum Gasteiger partial charge on any atom is -0.336 e. The van der Waals surface area contributed by atoms with E-state index in [1.165, 1.54) is 11.3 Å². The number of rotatable bonds is 3. The zero-order valence-electron chi connectivity index (χ0n) is 8.20. The van der Waals surface area contributed by atoms with Crippen molar-refractivity contribution in [2.75, 3.05) is 0 Å². The van der Waals surface area contributed by atoms with E-state index in [1.54, 1.807) is 6.92 Å². The highest BCUT2D eigenvalue weighted by Crippen LogP contribution is 2.17. The molecule has 0 fully saturated rings. The molecule has 0 radical (unpaired) electrons. The molecule has 1 atom stereocenters. The predicted octanol–water partition coefficient (Wildman–Crippen LogP) is 1.95. The van der Waals surface area contributed by atoms with Crippen LogP contribution >= 0.6 is 11.3 Å². The molecule has 0 saturated carbocycles. The van der Waals surface area contributed by atoms with Gasteiger partial charge in [-0.3, -0.25) is 4.79 Å². The van der Waals surface area contributed by atoms with Gasteiger partial charge in [0.05, 0.1) is 10.9 Å².